The third-order valence-corrected chi connectivity index (χ3v) is 3.47. The van der Waals surface area contributed by atoms with E-state index in [1.807, 2.05) is 46.4 Å². The van der Waals surface area contributed by atoms with Crippen LogP contribution in [0.4, 0.5) is 0 Å². The van der Waals surface area contributed by atoms with Gasteiger partial charge in [-0.1, -0.05) is 0 Å². The number of carbonyl (C=O) groups is 3. The fourth-order valence-electron chi connectivity index (χ4n) is 3.05. The summed E-state index contributed by atoms with van der Waals surface area (Å²) in [6.07, 6.45) is 0.121. The monoisotopic (exact) mass is 330 g/mol. The Hall–Kier alpha value is -1.63. The van der Waals surface area contributed by atoms with Crippen molar-refractivity contribution in [3.8, 4) is 0 Å². The Balaban J connectivity index is 5.17. The van der Waals surface area contributed by atoms with Crippen LogP contribution in [0.2, 0.25) is 0 Å². The first-order valence-electron chi connectivity index (χ1n) is 7.66. The Morgan fingerprint density at radius 3 is 1.70 bits per heavy atom. The molecule has 2 N–H and O–H groups in total. The second-order valence-corrected chi connectivity index (χ2v) is 7.75. The van der Waals surface area contributed by atoms with Crippen LogP contribution in [0.25, 0.3) is 0 Å². The molecule has 0 heterocycles. The van der Waals surface area contributed by atoms with Crippen molar-refractivity contribution < 1.29 is 24.6 Å². The zero-order valence-corrected chi connectivity index (χ0v) is 15.2. The maximum atomic E-state index is 12.0. The molecule has 0 aliphatic rings. The molecule has 1 atom stereocenters. The lowest BCUT2D eigenvalue weighted by Gasteiger charge is -2.48. The number of amides is 1. The van der Waals surface area contributed by atoms with Crippen LogP contribution in [0, 0.1) is 0 Å². The van der Waals surface area contributed by atoms with Crippen molar-refractivity contribution in [3.05, 3.63) is 0 Å². The number of carboxylic acids is 2. The van der Waals surface area contributed by atoms with E-state index in [9.17, 15) is 19.5 Å². The van der Waals surface area contributed by atoms with Crippen LogP contribution in [0.5, 0.6) is 0 Å². The topological polar surface area (TPSA) is 98.2 Å². The molecule has 7 nitrogen and oxygen atoms in total. The van der Waals surface area contributed by atoms with E-state index in [2.05, 4.69) is 0 Å². The number of nitrogens with zero attached hydrogens (tertiary/aromatic N) is 2. The first-order valence-corrected chi connectivity index (χ1v) is 7.66. The molecule has 0 aromatic carbocycles. The van der Waals surface area contributed by atoms with E-state index in [1.165, 1.54) is 7.05 Å². The standard InChI is InChI=1S/C16H30N2O5/c1-15(2,3)18(16(4,5)6)11(14(22)23)8-9-12(19)17(7)10-13(20)21/h11H,8-10H2,1-7H3,(H,20,21)(H,22,23)/t11-/m0/s1. The van der Waals surface area contributed by atoms with Crippen LogP contribution in [-0.2, 0) is 14.4 Å². The van der Waals surface area contributed by atoms with Crippen LogP contribution < -0.4 is 0 Å². The van der Waals surface area contributed by atoms with Gasteiger partial charge in [-0.25, -0.2) is 0 Å². The normalized spacial score (nSPS) is 13.7. The van der Waals surface area contributed by atoms with Gasteiger partial charge in [0.25, 0.3) is 0 Å². The summed E-state index contributed by atoms with van der Waals surface area (Å²) < 4.78 is 0. The lowest BCUT2D eigenvalue weighted by molar-refractivity contribution is -0.151. The lowest BCUT2D eigenvalue weighted by atomic mass is 9.91. The Bertz CT molecular complexity index is 434. The molecular formula is C16H30N2O5. The average Bonchev–Trinajstić information content (AvgIpc) is 2.28. The molecule has 0 aromatic rings. The number of hydrogen-bond acceptors (Lipinski definition) is 4. The van der Waals surface area contributed by atoms with E-state index in [0.717, 1.165) is 4.90 Å². The van der Waals surface area contributed by atoms with Gasteiger partial charge in [-0.05, 0) is 48.0 Å². The van der Waals surface area contributed by atoms with E-state index in [0.29, 0.717) is 0 Å². The van der Waals surface area contributed by atoms with Crippen molar-refractivity contribution >= 4 is 17.8 Å². The molecule has 0 saturated heterocycles. The molecule has 23 heavy (non-hydrogen) atoms. The van der Waals surface area contributed by atoms with Crippen molar-refractivity contribution in [1.82, 2.24) is 9.80 Å². The highest BCUT2D eigenvalue weighted by molar-refractivity contribution is 5.82. The van der Waals surface area contributed by atoms with Gasteiger partial charge in [-0.15, -0.1) is 0 Å². The fourth-order valence-corrected chi connectivity index (χ4v) is 3.05. The first-order chi connectivity index (χ1) is 10.2. The minimum atomic E-state index is -1.10. The van der Waals surface area contributed by atoms with Crippen molar-refractivity contribution in [2.24, 2.45) is 0 Å². The Labute approximate surface area is 138 Å². The van der Waals surface area contributed by atoms with Gasteiger partial charge in [0, 0.05) is 24.5 Å². The molecule has 0 fully saturated rings. The molecule has 0 aliphatic heterocycles. The van der Waals surface area contributed by atoms with E-state index in [4.69, 9.17) is 5.11 Å². The van der Waals surface area contributed by atoms with Crippen molar-refractivity contribution in [2.75, 3.05) is 13.6 Å². The van der Waals surface area contributed by atoms with Gasteiger partial charge in [-0.2, -0.15) is 0 Å². The maximum Gasteiger partial charge on any atom is 0.323 e. The summed E-state index contributed by atoms with van der Waals surface area (Å²) in [4.78, 5) is 37.3. The van der Waals surface area contributed by atoms with Crippen LogP contribution in [-0.4, -0.2) is 68.6 Å². The molecule has 0 radical (unpaired) electrons. The van der Waals surface area contributed by atoms with E-state index in [1.54, 1.807) is 0 Å². The summed E-state index contributed by atoms with van der Waals surface area (Å²) in [5.74, 6) is -2.45. The zero-order chi connectivity index (χ0) is 18.6. The summed E-state index contributed by atoms with van der Waals surface area (Å²) in [5.41, 5.74) is -0.783. The van der Waals surface area contributed by atoms with Gasteiger partial charge >= 0.3 is 11.9 Å². The summed E-state index contributed by atoms with van der Waals surface area (Å²) in [7, 11) is 1.40. The van der Waals surface area contributed by atoms with Gasteiger partial charge in [-0.3, -0.25) is 19.3 Å². The lowest BCUT2D eigenvalue weighted by Crippen LogP contribution is -2.60. The predicted molar refractivity (Wildman–Crippen MR) is 87.3 cm³/mol. The number of carbonyl (C=O) groups excluding carboxylic acids is 1. The van der Waals surface area contributed by atoms with Gasteiger partial charge in [0.2, 0.25) is 5.91 Å². The van der Waals surface area contributed by atoms with Crippen molar-refractivity contribution in [2.45, 2.75) is 71.5 Å². The molecule has 0 bridgehead atoms. The van der Waals surface area contributed by atoms with Gasteiger partial charge < -0.3 is 15.1 Å². The smallest absolute Gasteiger partial charge is 0.323 e. The fraction of sp³-hybridized carbons (Fsp3) is 0.812. The first kappa shape index (κ1) is 21.4. The number of rotatable bonds is 7. The molecule has 0 rings (SSSR count). The molecule has 7 heteroatoms. The van der Waals surface area contributed by atoms with Gasteiger partial charge in [0.05, 0.1) is 0 Å². The average molecular weight is 330 g/mol. The van der Waals surface area contributed by atoms with Crippen LogP contribution in [0.1, 0.15) is 54.4 Å². The Morgan fingerprint density at radius 2 is 1.39 bits per heavy atom. The highest BCUT2D eigenvalue weighted by Gasteiger charge is 2.40. The maximum absolute atomic E-state index is 12.0. The molecular weight excluding hydrogens is 300 g/mol. The molecule has 134 valence electrons. The number of carboxylic acid groups (broad SMARTS) is 2. The van der Waals surface area contributed by atoms with Crippen molar-refractivity contribution in [1.29, 1.82) is 0 Å². The minimum absolute atomic E-state index is 0.0105. The van der Waals surface area contributed by atoms with E-state index < -0.39 is 35.6 Å². The third kappa shape index (κ3) is 6.99. The summed E-state index contributed by atoms with van der Waals surface area (Å²) >= 11 is 0. The number of likely N-dealkylation sites (N-methyl/N-ethyl adjacent to an activating group) is 1. The summed E-state index contributed by atoms with van der Waals surface area (Å²) in [6, 6.07) is -0.822. The Morgan fingerprint density at radius 1 is 0.957 bits per heavy atom. The Kier molecular flexibility index (Phi) is 7.22. The number of hydrogen-bond donors (Lipinski definition) is 2. The molecule has 0 aromatic heterocycles. The molecule has 0 spiro atoms. The second-order valence-electron chi connectivity index (χ2n) is 7.75. The summed E-state index contributed by atoms with van der Waals surface area (Å²) in [5, 5.41) is 18.3. The van der Waals surface area contributed by atoms with Crippen LogP contribution in [0.3, 0.4) is 0 Å². The van der Waals surface area contributed by atoms with Gasteiger partial charge in [0.1, 0.15) is 12.6 Å². The van der Waals surface area contributed by atoms with Crippen LogP contribution in [0.15, 0.2) is 0 Å². The zero-order valence-electron chi connectivity index (χ0n) is 15.2. The van der Waals surface area contributed by atoms with Crippen molar-refractivity contribution in [3.63, 3.8) is 0 Å². The minimum Gasteiger partial charge on any atom is -0.480 e. The summed E-state index contributed by atoms with van der Waals surface area (Å²) in [6.45, 7) is 11.2. The second kappa shape index (κ2) is 7.77. The highest BCUT2D eigenvalue weighted by Crippen LogP contribution is 2.29. The molecule has 1 amide bonds. The van der Waals surface area contributed by atoms with Gasteiger partial charge in [0.15, 0.2) is 0 Å². The highest BCUT2D eigenvalue weighted by atomic mass is 16.4. The van der Waals surface area contributed by atoms with E-state index >= 15 is 0 Å². The quantitative estimate of drug-likeness (QED) is 0.737. The molecule has 0 unspecified atom stereocenters. The number of aliphatic carboxylic acids is 2. The SMILES string of the molecule is CN(CC(=O)O)C(=O)CC[C@@H](C(=O)O)N(C(C)(C)C)C(C)(C)C. The molecule has 0 aliphatic carbocycles. The van der Waals surface area contributed by atoms with Crippen LogP contribution >= 0.6 is 0 Å². The third-order valence-electron chi connectivity index (χ3n) is 3.47. The molecule has 0 saturated carbocycles. The predicted octanol–water partition coefficient (Wildman–Crippen LogP) is 1.66. The largest absolute Gasteiger partial charge is 0.480 e. The van der Waals surface area contributed by atoms with E-state index in [-0.39, 0.29) is 18.7 Å².